The van der Waals surface area contributed by atoms with E-state index in [4.69, 9.17) is 16.3 Å². The third kappa shape index (κ3) is 3.53. The number of fused-ring (bicyclic) bond motifs is 1. The molecule has 0 atom stereocenters. The maximum Gasteiger partial charge on any atom is 0.139 e. The molecule has 0 aliphatic rings. The van der Waals surface area contributed by atoms with Crippen molar-refractivity contribution in [1.29, 1.82) is 0 Å². The second-order valence-corrected chi connectivity index (χ2v) is 6.48. The average molecular weight is 361 g/mol. The van der Waals surface area contributed by atoms with Crippen LogP contribution in [0.15, 0.2) is 72.8 Å². The van der Waals surface area contributed by atoms with Crippen LogP contribution >= 0.6 is 11.6 Å². The van der Waals surface area contributed by atoms with Gasteiger partial charge < -0.3 is 4.74 Å². The van der Waals surface area contributed by atoms with Crippen LogP contribution in [0.3, 0.4) is 0 Å². The molecule has 0 saturated carbocycles. The summed E-state index contributed by atoms with van der Waals surface area (Å²) >= 11 is 6.42. The van der Waals surface area contributed by atoms with Crippen molar-refractivity contribution in [3.63, 3.8) is 0 Å². The van der Waals surface area contributed by atoms with Gasteiger partial charge in [0.25, 0.3) is 0 Å². The summed E-state index contributed by atoms with van der Waals surface area (Å²) in [5.41, 5.74) is 4.42. The van der Waals surface area contributed by atoms with Gasteiger partial charge in [-0.25, -0.2) is 4.98 Å². The fraction of sp³-hybridized carbons (Fsp3) is 0.0909. The molecule has 4 rings (SSSR count). The van der Waals surface area contributed by atoms with Crippen LogP contribution < -0.4 is 4.74 Å². The van der Waals surface area contributed by atoms with Crippen molar-refractivity contribution in [2.45, 2.75) is 13.5 Å². The van der Waals surface area contributed by atoms with Gasteiger partial charge in [0.15, 0.2) is 0 Å². The van der Waals surface area contributed by atoms with Gasteiger partial charge >= 0.3 is 0 Å². The van der Waals surface area contributed by atoms with Gasteiger partial charge in [-0.1, -0.05) is 60.1 Å². The van der Waals surface area contributed by atoms with Crippen molar-refractivity contribution in [2.24, 2.45) is 0 Å². The van der Waals surface area contributed by atoms with E-state index in [-0.39, 0.29) is 0 Å². The molecule has 2 heterocycles. The van der Waals surface area contributed by atoms with Gasteiger partial charge in [-0.05, 0) is 24.6 Å². The quantitative estimate of drug-likeness (QED) is 0.429. The Morgan fingerprint density at radius 2 is 1.65 bits per heavy atom. The highest BCUT2D eigenvalue weighted by Crippen LogP contribution is 2.31. The van der Waals surface area contributed by atoms with Crippen molar-refractivity contribution in [3.05, 3.63) is 89.2 Å². The predicted octanol–water partition coefficient (Wildman–Crippen LogP) is 5.84. The first-order chi connectivity index (χ1) is 12.7. The lowest BCUT2D eigenvalue weighted by molar-refractivity contribution is 0.306. The summed E-state index contributed by atoms with van der Waals surface area (Å²) < 4.78 is 5.96. The fourth-order valence-electron chi connectivity index (χ4n) is 2.87. The first-order valence-electron chi connectivity index (χ1n) is 8.40. The van der Waals surface area contributed by atoms with E-state index in [1.807, 2.05) is 79.7 Å². The lowest BCUT2D eigenvalue weighted by Gasteiger charge is -2.11. The van der Waals surface area contributed by atoms with E-state index in [0.29, 0.717) is 11.8 Å². The van der Waals surface area contributed by atoms with E-state index in [9.17, 15) is 0 Å². The molecule has 0 bridgehead atoms. The van der Waals surface area contributed by atoms with Crippen LogP contribution in [0.25, 0.3) is 22.2 Å². The monoisotopic (exact) mass is 360 g/mol. The highest BCUT2D eigenvalue weighted by atomic mass is 35.5. The molecule has 0 spiro atoms. The normalized spacial score (nSPS) is 10.8. The largest absolute Gasteiger partial charge is 0.489 e. The number of hydrogen-bond donors (Lipinski definition) is 0. The number of nitrogens with zero attached hydrogens (tertiary/aromatic N) is 2. The van der Waals surface area contributed by atoms with Crippen LogP contribution in [0.1, 0.15) is 11.3 Å². The number of aryl methyl sites for hydroxylation is 1. The highest BCUT2D eigenvalue weighted by molar-refractivity contribution is 6.32. The van der Waals surface area contributed by atoms with Crippen molar-refractivity contribution >= 4 is 22.5 Å². The van der Waals surface area contributed by atoms with E-state index < -0.39 is 0 Å². The maximum atomic E-state index is 6.42. The maximum absolute atomic E-state index is 6.42. The Labute approximate surface area is 157 Å². The molecule has 2 aromatic heterocycles. The van der Waals surface area contributed by atoms with Crippen LogP contribution in [0, 0.1) is 6.92 Å². The molecule has 0 aliphatic carbocycles. The number of halogens is 1. The van der Waals surface area contributed by atoms with E-state index in [1.165, 1.54) is 0 Å². The molecule has 0 saturated heterocycles. The number of aromatic nitrogens is 2. The zero-order valence-corrected chi connectivity index (χ0v) is 15.1. The van der Waals surface area contributed by atoms with Crippen LogP contribution in [-0.4, -0.2) is 9.97 Å². The SMILES string of the molecule is Cc1cc(OCc2ccccc2)cc(-c2cc3ccccc3nc2Cl)n1. The second-order valence-electron chi connectivity index (χ2n) is 6.12. The fourth-order valence-corrected chi connectivity index (χ4v) is 3.11. The minimum atomic E-state index is 0.441. The molecule has 128 valence electrons. The van der Waals surface area contributed by atoms with Crippen molar-refractivity contribution in [3.8, 4) is 17.0 Å². The van der Waals surface area contributed by atoms with Crippen LogP contribution in [0.5, 0.6) is 5.75 Å². The summed E-state index contributed by atoms with van der Waals surface area (Å²) in [6, 6.07) is 23.8. The molecule has 0 fully saturated rings. The second kappa shape index (κ2) is 7.14. The summed E-state index contributed by atoms with van der Waals surface area (Å²) in [6.07, 6.45) is 0. The molecule has 0 radical (unpaired) electrons. The van der Waals surface area contributed by atoms with Crippen LogP contribution in [0.2, 0.25) is 5.15 Å². The summed E-state index contributed by atoms with van der Waals surface area (Å²) in [5, 5.41) is 1.47. The zero-order valence-electron chi connectivity index (χ0n) is 14.3. The summed E-state index contributed by atoms with van der Waals surface area (Å²) in [6.45, 7) is 2.45. The number of ether oxygens (including phenoxy) is 1. The predicted molar refractivity (Wildman–Crippen MR) is 105 cm³/mol. The van der Waals surface area contributed by atoms with E-state index >= 15 is 0 Å². The number of rotatable bonds is 4. The Morgan fingerprint density at radius 1 is 0.885 bits per heavy atom. The number of benzene rings is 2. The van der Waals surface area contributed by atoms with Gasteiger partial charge in [0.2, 0.25) is 0 Å². The van der Waals surface area contributed by atoms with Gasteiger partial charge in [-0.3, -0.25) is 4.98 Å². The number of hydrogen-bond acceptors (Lipinski definition) is 3. The van der Waals surface area contributed by atoms with E-state index in [0.717, 1.165) is 39.2 Å². The average Bonchev–Trinajstić information content (AvgIpc) is 2.66. The Bertz CT molecular complexity index is 1060. The topological polar surface area (TPSA) is 35.0 Å². The van der Waals surface area contributed by atoms with Gasteiger partial charge in [0, 0.05) is 28.8 Å². The van der Waals surface area contributed by atoms with E-state index in [1.54, 1.807) is 0 Å². The molecule has 4 heteroatoms. The molecule has 0 N–H and O–H groups in total. The first-order valence-corrected chi connectivity index (χ1v) is 8.78. The third-order valence-corrected chi connectivity index (χ3v) is 4.42. The summed E-state index contributed by atoms with van der Waals surface area (Å²) in [4.78, 5) is 9.11. The van der Waals surface area contributed by atoms with Crippen LogP contribution in [-0.2, 0) is 6.61 Å². The minimum Gasteiger partial charge on any atom is -0.489 e. The smallest absolute Gasteiger partial charge is 0.139 e. The zero-order chi connectivity index (χ0) is 17.9. The Kier molecular flexibility index (Phi) is 4.55. The summed E-state index contributed by atoms with van der Waals surface area (Å²) in [7, 11) is 0. The molecule has 0 unspecified atom stereocenters. The molecule has 26 heavy (non-hydrogen) atoms. The lowest BCUT2D eigenvalue weighted by Crippen LogP contribution is -1.98. The Hall–Kier alpha value is -2.91. The highest BCUT2D eigenvalue weighted by Gasteiger charge is 2.11. The number of pyridine rings is 2. The van der Waals surface area contributed by atoms with Gasteiger partial charge in [-0.15, -0.1) is 0 Å². The molecule has 2 aromatic carbocycles. The standard InChI is InChI=1S/C22H17ClN2O/c1-15-11-18(26-14-16-7-3-2-4-8-16)13-21(24-15)19-12-17-9-5-6-10-20(17)25-22(19)23/h2-13H,14H2,1H3. The molecule has 0 aliphatic heterocycles. The summed E-state index contributed by atoms with van der Waals surface area (Å²) in [5.74, 6) is 0.764. The van der Waals surface area contributed by atoms with Gasteiger partial charge in [-0.2, -0.15) is 0 Å². The Morgan fingerprint density at radius 3 is 2.50 bits per heavy atom. The number of para-hydroxylation sites is 1. The molecular weight excluding hydrogens is 344 g/mol. The molecule has 4 aromatic rings. The van der Waals surface area contributed by atoms with Crippen molar-refractivity contribution < 1.29 is 4.74 Å². The van der Waals surface area contributed by atoms with E-state index in [2.05, 4.69) is 9.97 Å². The Balaban J connectivity index is 1.69. The van der Waals surface area contributed by atoms with Crippen molar-refractivity contribution in [1.82, 2.24) is 9.97 Å². The van der Waals surface area contributed by atoms with Crippen LogP contribution in [0.4, 0.5) is 0 Å². The third-order valence-electron chi connectivity index (χ3n) is 4.13. The first kappa shape index (κ1) is 16.6. The lowest BCUT2D eigenvalue weighted by atomic mass is 10.1. The molecule has 3 nitrogen and oxygen atoms in total. The van der Waals surface area contributed by atoms with Gasteiger partial charge in [0.05, 0.1) is 11.2 Å². The minimum absolute atomic E-state index is 0.441. The van der Waals surface area contributed by atoms with Gasteiger partial charge in [0.1, 0.15) is 17.5 Å². The molecular formula is C22H17ClN2O. The van der Waals surface area contributed by atoms with Crippen molar-refractivity contribution in [2.75, 3.05) is 0 Å². The molecule has 0 amide bonds.